The molecule has 114 valence electrons. The summed E-state index contributed by atoms with van der Waals surface area (Å²) in [6, 6.07) is 6.37. The Morgan fingerprint density at radius 3 is 2.95 bits per heavy atom. The van der Waals surface area contributed by atoms with Crippen LogP contribution < -0.4 is 4.90 Å². The van der Waals surface area contributed by atoms with E-state index in [9.17, 15) is 9.65 Å². The Morgan fingerprint density at radius 2 is 2.27 bits per heavy atom. The minimum absolute atomic E-state index is 0.343. The fourth-order valence-corrected chi connectivity index (χ4v) is 2.82. The predicted molar refractivity (Wildman–Crippen MR) is 79.8 cm³/mol. The van der Waals surface area contributed by atoms with Crippen LogP contribution in [0.5, 0.6) is 0 Å². The van der Waals surface area contributed by atoms with Gasteiger partial charge >= 0.3 is 0 Å². The van der Waals surface area contributed by atoms with Crippen molar-refractivity contribution in [2.75, 3.05) is 24.6 Å². The number of benzene rings is 1. The highest BCUT2D eigenvalue weighted by Gasteiger charge is 2.35. The van der Waals surface area contributed by atoms with Crippen LogP contribution in [0.2, 0.25) is 0 Å². The molecule has 2 heterocycles. The summed E-state index contributed by atoms with van der Waals surface area (Å²) < 4.78 is 21.0. The zero-order valence-corrected chi connectivity index (χ0v) is 12.6. The molecule has 0 saturated carbocycles. The van der Waals surface area contributed by atoms with Crippen molar-refractivity contribution in [3.8, 4) is 6.07 Å². The van der Waals surface area contributed by atoms with Gasteiger partial charge in [0.15, 0.2) is 0 Å². The van der Waals surface area contributed by atoms with Crippen molar-refractivity contribution >= 4 is 5.69 Å². The number of aromatic nitrogens is 2. The first-order valence-corrected chi connectivity index (χ1v) is 7.09. The van der Waals surface area contributed by atoms with Gasteiger partial charge in [-0.1, -0.05) is 0 Å². The Bertz CT molecular complexity index is 736. The molecular weight excluding hydrogens is 283 g/mol. The average Bonchev–Trinajstić information content (AvgIpc) is 2.94. The number of aryl methyl sites for hydroxylation is 1. The predicted octanol–water partition coefficient (Wildman–Crippen LogP) is 2.18. The van der Waals surface area contributed by atoms with Gasteiger partial charge in [0, 0.05) is 25.4 Å². The van der Waals surface area contributed by atoms with E-state index in [-0.39, 0.29) is 0 Å². The molecule has 0 spiro atoms. The number of morpholine rings is 1. The first-order valence-electron chi connectivity index (χ1n) is 7.09. The topological polar surface area (TPSA) is 54.1 Å². The van der Waals surface area contributed by atoms with Crippen molar-refractivity contribution < 1.29 is 9.13 Å². The van der Waals surface area contributed by atoms with Crippen LogP contribution in [0.4, 0.5) is 10.1 Å². The maximum absolute atomic E-state index is 13.3. The summed E-state index contributed by atoms with van der Waals surface area (Å²) >= 11 is 0. The summed E-state index contributed by atoms with van der Waals surface area (Å²) in [5, 5.41) is 13.4. The third kappa shape index (κ3) is 2.55. The van der Waals surface area contributed by atoms with Crippen molar-refractivity contribution in [3.63, 3.8) is 0 Å². The van der Waals surface area contributed by atoms with E-state index >= 15 is 0 Å². The Hall–Kier alpha value is -2.39. The van der Waals surface area contributed by atoms with Crippen LogP contribution in [-0.4, -0.2) is 29.5 Å². The molecule has 6 heteroatoms. The van der Waals surface area contributed by atoms with Gasteiger partial charge in [0.25, 0.3) is 0 Å². The lowest BCUT2D eigenvalue weighted by atomic mass is 9.96. The molecule has 0 amide bonds. The number of halogens is 1. The Balaban J connectivity index is 1.92. The van der Waals surface area contributed by atoms with Crippen molar-refractivity contribution in [1.82, 2.24) is 9.78 Å². The lowest BCUT2D eigenvalue weighted by Gasteiger charge is -2.41. The Kier molecular flexibility index (Phi) is 3.59. The van der Waals surface area contributed by atoms with E-state index in [4.69, 9.17) is 4.74 Å². The van der Waals surface area contributed by atoms with Crippen molar-refractivity contribution in [1.29, 1.82) is 5.26 Å². The van der Waals surface area contributed by atoms with Gasteiger partial charge in [0.05, 0.1) is 30.6 Å². The highest BCUT2D eigenvalue weighted by molar-refractivity contribution is 5.60. The molecule has 0 radical (unpaired) electrons. The summed E-state index contributed by atoms with van der Waals surface area (Å²) in [4.78, 5) is 2.06. The summed E-state index contributed by atoms with van der Waals surface area (Å²) in [5.41, 5.74) is 1.56. The summed E-state index contributed by atoms with van der Waals surface area (Å²) in [6.07, 6.45) is 3.72. The maximum Gasteiger partial charge on any atom is 0.124 e. The fraction of sp³-hybridized carbons (Fsp3) is 0.375. The van der Waals surface area contributed by atoms with Crippen LogP contribution in [0.25, 0.3) is 0 Å². The summed E-state index contributed by atoms with van der Waals surface area (Å²) in [6.45, 7) is 3.79. The lowest BCUT2D eigenvalue weighted by molar-refractivity contribution is -0.0466. The Labute approximate surface area is 128 Å². The zero-order chi connectivity index (χ0) is 15.7. The molecule has 1 fully saturated rings. The van der Waals surface area contributed by atoms with Crippen LogP contribution in [0.1, 0.15) is 18.1 Å². The maximum atomic E-state index is 13.3. The minimum atomic E-state index is -0.506. The standard InChI is InChI=1S/C16H17FN4O/c1-16(13-9-19-20(2)10-13)11-21(5-6-22-16)15-4-3-14(17)7-12(15)8-18/h3-4,7,9-10H,5-6,11H2,1-2H3. The molecule has 1 saturated heterocycles. The van der Waals surface area contributed by atoms with Crippen molar-refractivity contribution in [2.45, 2.75) is 12.5 Å². The fourth-order valence-electron chi connectivity index (χ4n) is 2.82. The molecule has 0 aliphatic carbocycles. The molecule has 22 heavy (non-hydrogen) atoms. The SMILES string of the molecule is Cn1cc(C2(C)CN(c3ccc(F)cc3C#N)CCO2)cn1. The molecule has 5 nitrogen and oxygen atoms in total. The number of hydrogen-bond donors (Lipinski definition) is 0. The zero-order valence-electron chi connectivity index (χ0n) is 12.6. The highest BCUT2D eigenvalue weighted by atomic mass is 19.1. The average molecular weight is 300 g/mol. The van der Waals surface area contributed by atoms with Crippen molar-refractivity contribution in [2.24, 2.45) is 7.05 Å². The van der Waals surface area contributed by atoms with E-state index in [0.29, 0.717) is 25.3 Å². The minimum Gasteiger partial charge on any atom is -0.367 e. The number of hydrogen-bond acceptors (Lipinski definition) is 4. The number of rotatable bonds is 2. The van der Waals surface area contributed by atoms with E-state index in [1.165, 1.54) is 12.1 Å². The van der Waals surface area contributed by atoms with E-state index in [2.05, 4.69) is 16.1 Å². The molecule has 1 aromatic carbocycles. The molecule has 1 aromatic heterocycles. The quantitative estimate of drug-likeness (QED) is 0.853. The number of anilines is 1. The summed E-state index contributed by atoms with van der Waals surface area (Å²) in [7, 11) is 1.86. The number of ether oxygens (including phenoxy) is 1. The van der Waals surface area contributed by atoms with Crippen molar-refractivity contribution in [3.05, 3.63) is 47.5 Å². The van der Waals surface area contributed by atoms with Crippen LogP contribution in [0, 0.1) is 17.1 Å². The molecule has 3 rings (SSSR count). The molecule has 2 aromatic rings. The first-order chi connectivity index (χ1) is 10.5. The molecule has 1 aliphatic heterocycles. The van der Waals surface area contributed by atoms with Crippen LogP contribution in [-0.2, 0) is 17.4 Å². The normalized spacial score (nSPS) is 21.6. The van der Waals surface area contributed by atoms with Gasteiger partial charge in [0.2, 0.25) is 0 Å². The van der Waals surface area contributed by atoms with Gasteiger partial charge in [-0.25, -0.2) is 4.39 Å². The van der Waals surface area contributed by atoms with E-state index < -0.39 is 11.4 Å². The molecule has 1 unspecified atom stereocenters. The third-order valence-corrected chi connectivity index (χ3v) is 4.01. The van der Waals surface area contributed by atoms with Gasteiger partial charge in [-0.2, -0.15) is 10.4 Å². The second-order valence-corrected chi connectivity index (χ2v) is 5.68. The summed E-state index contributed by atoms with van der Waals surface area (Å²) in [5.74, 6) is -0.399. The Morgan fingerprint density at radius 1 is 1.45 bits per heavy atom. The molecule has 0 N–H and O–H groups in total. The van der Waals surface area contributed by atoms with Gasteiger partial charge in [-0.3, -0.25) is 4.68 Å². The van der Waals surface area contributed by atoms with E-state index in [1.807, 2.05) is 20.2 Å². The van der Waals surface area contributed by atoms with Crippen LogP contribution in [0.3, 0.4) is 0 Å². The molecule has 1 atom stereocenters. The van der Waals surface area contributed by atoms with Gasteiger partial charge in [0.1, 0.15) is 17.5 Å². The first kappa shape index (κ1) is 14.5. The second-order valence-electron chi connectivity index (χ2n) is 5.68. The van der Waals surface area contributed by atoms with Crippen LogP contribution in [0.15, 0.2) is 30.6 Å². The smallest absolute Gasteiger partial charge is 0.124 e. The largest absolute Gasteiger partial charge is 0.367 e. The highest BCUT2D eigenvalue weighted by Crippen LogP contribution is 2.32. The van der Waals surface area contributed by atoms with Gasteiger partial charge in [-0.05, 0) is 25.1 Å². The second kappa shape index (κ2) is 5.43. The molecular formula is C16H17FN4O. The van der Waals surface area contributed by atoms with E-state index in [1.54, 1.807) is 16.9 Å². The molecule has 1 aliphatic rings. The van der Waals surface area contributed by atoms with E-state index in [0.717, 1.165) is 11.3 Å². The van der Waals surface area contributed by atoms with Gasteiger partial charge in [-0.15, -0.1) is 0 Å². The van der Waals surface area contributed by atoms with Gasteiger partial charge < -0.3 is 9.64 Å². The molecule has 0 bridgehead atoms. The third-order valence-electron chi connectivity index (χ3n) is 4.01. The number of nitriles is 1. The lowest BCUT2D eigenvalue weighted by Crippen LogP contribution is -2.48. The number of nitrogens with zero attached hydrogens (tertiary/aromatic N) is 4. The monoisotopic (exact) mass is 300 g/mol. The van der Waals surface area contributed by atoms with Crippen LogP contribution >= 0.6 is 0 Å².